The summed E-state index contributed by atoms with van der Waals surface area (Å²) in [5, 5.41) is 0. The number of aromatic nitrogens is 2. The summed E-state index contributed by atoms with van der Waals surface area (Å²) in [4.78, 5) is 3.21. The minimum absolute atomic E-state index is 0.658. The molecule has 0 unspecified atom stereocenters. The van der Waals surface area contributed by atoms with Crippen LogP contribution in [0.4, 0.5) is 5.69 Å². The van der Waals surface area contributed by atoms with Gasteiger partial charge in [0.1, 0.15) is 0 Å². The van der Waals surface area contributed by atoms with Crippen LogP contribution in [0.3, 0.4) is 0 Å². The third-order valence-corrected chi connectivity index (χ3v) is 3.42. The van der Waals surface area contributed by atoms with Crippen LogP contribution in [0.5, 0.6) is 0 Å². The number of nitrogens with one attached hydrogen (secondary N) is 2. The van der Waals surface area contributed by atoms with Crippen LogP contribution >= 0.6 is 12.2 Å². The van der Waals surface area contributed by atoms with E-state index >= 15 is 0 Å². The lowest BCUT2D eigenvalue weighted by atomic mass is 10.1. The number of para-hydroxylation sites is 1. The molecule has 20 heavy (non-hydrogen) atoms. The number of benzene rings is 2. The zero-order valence-corrected chi connectivity index (χ0v) is 11.9. The summed E-state index contributed by atoms with van der Waals surface area (Å²) in [6.45, 7) is 2.03. The highest BCUT2D eigenvalue weighted by atomic mass is 32.1. The summed E-state index contributed by atoms with van der Waals surface area (Å²) in [5.41, 5.74) is 7.57. The first-order valence-corrected chi connectivity index (χ1v) is 6.85. The molecule has 0 bridgehead atoms. The molecule has 4 heteroatoms. The average molecular weight is 281 g/mol. The highest BCUT2D eigenvalue weighted by molar-refractivity contribution is 7.71. The Kier molecular flexibility index (Phi) is 3.39. The van der Waals surface area contributed by atoms with Gasteiger partial charge in [-0.2, -0.15) is 0 Å². The number of aryl methyl sites for hydroxylation is 1. The Morgan fingerprint density at radius 2 is 1.55 bits per heavy atom. The molecule has 3 nitrogen and oxygen atoms in total. The van der Waals surface area contributed by atoms with E-state index in [0.717, 1.165) is 22.6 Å². The van der Waals surface area contributed by atoms with Crippen molar-refractivity contribution in [3.8, 4) is 11.3 Å². The van der Waals surface area contributed by atoms with E-state index in [-0.39, 0.29) is 0 Å². The van der Waals surface area contributed by atoms with E-state index in [1.807, 2.05) is 60.1 Å². The van der Waals surface area contributed by atoms with Gasteiger partial charge in [0.05, 0.1) is 11.4 Å². The van der Waals surface area contributed by atoms with Crippen LogP contribution in [0.25, 0.3) is 11.3 Å². The Bertz CT molecular complexity index is 757. The average Bonchev–Trinajstić information content (AvgIpc) is 2.75. The molecule has 0 aliphatic carbocycles. The van der Waals surface area contributed by atoms with E-state index in [1.54, 1.807) is 0 Å². The maximum atomic E-state index is 5.40. The van der Waals surface area contributed by atoms with Crippen LogP contribution in [0.1, 0.15) is 5.69 Å². The fourth-order valence-electron chi connectivity index (χ4n) is 2.23. The third-order valence-electron chi connectivity index (χ3n) is 3.14. The van der Waals surface area contributed by atoms with Crippen molar-refractivity contribution in [2.45, 2.75) is 6.92 Å². The Morgan fingerprint density at radius 1 is 0.950 bits per heavy atom. The summed E-state index contributed by atoms with van der Waals surface area (Å²) in [5.74, 6) is 0. The molecule has 0 fully saturated rings. The number of rotatable bonds is 3. The minimum atomic E-state index is 0.658. The highest BCUT2D eigenvalue weighted by Gasteiger charge is 2.11. The summed E-state index contributed by atoms with van der Waals surface area (Å²) < 4.78 is 2.57. The molecule has 0 aliphatic heterocycles. The van der Waals surface area contributed by atoms with Gasteiger partial charge in [0.25, 0.3) is 0 Å². The van der Waals surface area contributed by atoms with Crippen LogP contribution < -0.4 is 5.43 Å². The number of aromatic amines is 1. The molecule has 0 aliphatic rings. The first-order chi connectivity index (χ1) is 9.75. The molecule has 2 N–H and O–H groups in total. The topological polar surface area (TPSA) is 32.8 Å². The minimum Gasteiger partial charge on any atom is -0.333 e. The van der Waals surface area contributed by atoms with Gasteiger partial charge in [0, 0.05) is 11.3 Å². The molecule has 1 aromatic heterocycles. The van der Waals surface area contributed by atoms with Crippen molar-refractivity contribution in [3.05, 3.63) is 71.1 Å². The Hall–Kier alpha value is -2.33. The second kappa shape index (κ2) is 5.35. The van der Waals surface area contributed by atoms with Gasteiger partial charge in [-0.25, -0.2) is 4.68 Å². The van der Waals surface area contributed by atoms with Gasteiger partial charge in [-0.15, -0.1) is 0 Å². The number of anilines is 1. The van der Waals surface area contributed by atoms with E-state index in [0.29, 0.717) is 4.77 Å². The predicted octanol–water partition coefficient (Wildman–Crippen LogP) is 4.40. The second-order valence-electron chi connectivity index (χ2n) is 4.58. The molecule has 100 valence electrons. The van der Waals surface area contributed by atoms with Gasteiger partial charge in [-0.05, 0) is 31.3 Å². The largest absolute Gasteiger partial charge is 0.333 e. The number of hydrogen-bond donors (Lipinski definition) is 2. The van der Waals surface area contributed by atoms with Gasteiger partial charge in [0.2, 0.25) is 0 Å². The predicted molar refractivity (Wildman–Crippen MR) is 85.3 cm³/mol. The van der Waals surface area contributed by atoms with Crippen LogP contribution in [0.15, 0.2) is 60.7 Å². The molecular formula is C16H15N3S. The highest BCUT2D eigenvalue weighted by Crippen LogP contribution is 2.23. The molecule has 3 rings (SSSR count). The Labute approximate surface area is 122 Å². The quantitative estimate of drug-likeness (QED) is 0.698. The fraction of sp³-hybridized carbons (Fsp3) is 0.0625. The monoisotopic (exact) mass is 281 g/mol. The van der Waals surface area contributed by atoms with Crippen LogP contribution in [-0.4, -0.2) is 9.66 Å². The van der Waals surface area contributed by atoms with E-state index in [9.17, 15) is 0 Å². The van der Waals surface area contributed by atoms with Crippen LogP contribution in [0, 0.1) is 11.7 Å². The molecule has 0 saturated carbocycles. The number of H-pyrrole nitrogens is 1. The molecule has 2 aromatic carbocycles. The van der Waals surface area contributed by atoms with Crippen molar-refractivity contribution >= 4 is 17.9 Å². The van der Waals surface area contributed by atoms with Gasteiger partial charge in [0.15, 0.2) is 4.77 Å². The van der Waals surface area contributed by atoms with Crippen molar-refractivity contribution in [1.82, 2.24) is 9.66 Å². The lowest BCUT2D eigenvalue weighted by Gasteiger charge is -2.12. The number of imidazole rings is 1. The molecule has 1 heterocycles. The molecule has 3 aromatic rings. The molecule has 0 spiro atoms. The molecular weight excluding hydrogens is 266 g/mol. The molecule has 0 atom stereocenters. The Morgan fingerprint density at radius 3 is 2.20 bits per heavy atom. The van der Waals surface area contributed by atoms with Crippen LogP contribution in [0.2, 0.25) is 0 Å². The normalized spacial score (nSPS) is 10.4. The number of hydrogen-bond acceptors (Lipinski definition) is 2. The zero-order valence-electron chi connectivity index (χ0n) is 11.1. The summed E-state index contributed by atoms with van der Waals surface area (Å²) in [7, 11) is 0. The van der Waals surface area contributed by atoms with Crippen molar-refractivity contribution < 1.29 is 0 Å². The van der Waals surface area contributed by atoms with E-state index in [1.165, 1.54) is 0 Å². The first-order valence-electron chi connectivity index (χ1n) is 6.45. The summed E-state index contributed by atoms with van der Waals surface area (Å²) >= 11 is 5.40. The summed E-state index contributed by atoms with van der Waals surface area (Å²) in [6, 6.07) is 20.2. The molecule has 0 saturated heterocycles. The van der Waals surface area contributed by atoms with Crippen molar-refractivity contribution in [2.75, 3.05) is 5.43 Å². The number of nitrogens with zero attached hydrogens (tertiary/aromatic N) is 1. The maximum absolute atomic E-state index is 5.40. The maximum Gasteiger partial charge on any atom is 0.197 e. The van der Waals surface area contributed by atoms with Crippen molar-refractivity contribution in [1.29, 1.82) is 0 Å². The van der Waals surface area contributed by atoms with Crippen molar-refractivity contribution in [2.24, 2.45) is 0 Å². The lowest BCUT2D eigenvalue weighted by Crippen LogP contribution is -2.10. The van der Waals surface area contributed by atoms with Gasteiger partial charge in [-0.1, -0.05) is 48.5 Å². The third kappa shape index (κ3) is 2.38. The lowest BCUT2D eigenvalue weighted by molar-refractivity contribution is 0.942. The Balaban J connectivity index is 2.10. The fourth-order valence-corrected chi connectivity index (χ4v) is 2.52. The smallest absolute Gasteiger partial charge is 0.197 e. The van der Waals surface area contributed by atoms with Gasteiger partial charge < -0.3 is 4.98 Å². The molecule has 0 amide bonds. The zero-order chi connectivity index (χ0) is 13.9. The molecule has 0 radical (unpaired) electrons. The second-order valence-corrected chi connectivity index (χ2v) is 4.97. The van der Waals surface area contributed by atoms with E-state index in [2.05, 4.69) is 22.5 Å². The first kappa shape index (κ1) is 12.7. The van der Waals surface area contributed by atoms with Gasteiger partial charge >= 0.3 is 0 Å². The van der Waals surface area contributed by atoms with Gasteiger partial charge in [-0.3, -0.25) is 5.43 Å². The van der Waals surface area contributed by atoms with E-state index in [4.69, 9.17) is 12.2 Å². The van der Waals surface area contributed by atoms with Crippen molar-refractivity contribution in [3.63, 3.8) is 0 Å². The standard InChI is InChI=1S/C16H15N3S/c1-12-15(13-8-4-2-5-9-13)19(16(20)17-12)18-14-10-6-3-7-11-14/h2-11,18H,1H3,(H,17,20). The summed E-state index contributed by atoms with van der Waals surface area (Å²) in [6.07, 6.45) is 0. The van der Waals surface area contributed by atoms with E-state index < -0.39 is 0 Å². The SMILES string of the molecule is Cc1[nH]c(=S)n(Nc2ccccc2)c1-c1ccccc1. The van der Waals surface area contributed by atoms with Crippen LogP contribution in [-0.2, 0) is 0 Å².